The summed E-state index contributed by atoms with van der Waals surface area (Å²) in [5.41, 5.74) is 2.18. The molecule has 0 bridgehead atoms. The van der Waals surface area contributed by atoms with Crippen molar-refractivity contribution in [2.45, 2.75) is 6.54 Å². The summed E-state index contributed by atoms with van der Waals surface area (Å²) < 4.78 is 10.3. The lowest BCUT2D eigenvalue weighted by Crippen LogP contribution is -2.36. The molecule has 9 heteroatoms. The highest BCUT2D eigenvalue weighted by Crippen LogP contribution is 2.27. The Morgan fingerprint density at radius 2 is 1.55 bits per heavy atom. The molecule has 0 saturated carbocycles. The van der Waals surface area contributed by atoms with Gasteiger partial charge < -0.3 is 25.4 Å². The van der Waals surface area contributed by atoms with Crippen LogP contribution in [0.4, 0.5) is 5.69 Å². The van der Waals surface area contributed by atoms with Crippen LogP contribution < -0.4 is 25.4 Å². The molecule has 2 aromatic carbocycles. The van der Waals surface area contributed by atoms with Gasteiger partial charge in [0.15, 0.2) is 11.5 Å². The van der Waals surface area contributed by atoms with Gasteiger partial charge in [-0.15, -0.1) is 0 Å². The smallest absolute Gasteiger partial charge is 0.255 e. The molecule has 1 heterocycles. The minimum atomic E-state index is -0.416. The van der Waals surface area contributed by atoms with Gasteiger partial charge >= 0.3 is 0 Å². The summed E-state index contributed by atoms with van der Waals surface area (Å²) in [7, 11) is 2.98. The number of anilines is 1. The Kier molecular flexibility index (Phi) is 7.96. The lowest BCUT2D eigenvalue weighted by atomic mass is 10.1. The van der Waals surface area contributed by atoms with E-state index in [0.717, 1.165) is 5.56 Å². The average molecular weight is 448 g/mol. The van der Waals surface area contributed by atoms with Gasteiger partial charge in [0.2, 0.25) is 5.91 Å². The number of rotatable bonds is 9. The normalized spacial score (nSPS) is 10.1. The third-order valence-corrected chi connectivity index (χ3v) is 4.67. The molecule has 3 aromatic rings. The highest BCUT2D eigenvalue weighted by atomic mass is 16.5. The van der Waals surface area contributed by atoms with Crippen LogP contribution in [0.25, 0.3) is 0 Å². The molecule has 0 saturated heterocycles. The van der Waals surface area contributed by atoms with Crippen LogP contribution in [-0.4, -0.2) is 43.5 Å². The predicted octanol–water partition coefficient (Wildman–Crippen LogP) is 2.40. The molecule has 0 unspecified atom stereocenters. The minimum Gasteiger partial charge on any atom is -0.493 e. The third-order valence-electron chi connectivity index (χ3n) is 4.67. The van der Waals surface area contributed by atoms with Gasteiger partial charge in [0.05, 0.1) is 20.8 Å². The van der Waals surface area contributed by atoms with E-state index in [9.17, 15) is 14.4 Å². The Hall–Kier alpha value is -4.40. The van der Waals surface area contributed by atoms with E-state index < -0.39 is 5.91 Å². The summed E-state index contributed by atoms with van der Waals surface area (Å²) in [5, 5.41) is 8.07. The summed E-state index contributed by atoms with van der Waals surface area (Å²) in [6, 6.07) is 15.0. The predicted molar refractivity (Wildman–Crippen MR) is 122 cm³/mol. The molecule has 3 amide bonds. The van der Waals surface area contributed by atoms with Gasteiger partial charge in [-0.25, -0.2) is 0 Å². The first-order chi connectivity index (χ1) is 16.0. The second-order valence-electron chi connectivity index (χ2n) is 6.92. The molecule has 1 aromatic heterocycles. The van der Waals surface area contributed by atoms with Crippen molar-refractivity contribution in [3.8, 4) is 11.5 Å². The molecular weight excluding hydrogens is 424 g/mol. The maximum Gasteiger partial charge on any atom is 0.255 e. The number of carbonyl (C=O) groups is 3. The maximum absolute atomic E-state index is 12.4. The number of methoxy groups -OCH3 is 2. The average Bonchev–Trinajstić information content (AvgIpc) is 2.86. The topological polar surface area (TPSA) is 119 Å². The lowest BCUT2D eigenvalue weighted by Gasteiger charge is -2.11. The molecule has 33 heavy (non-hydrogen) atoms. The number of benzene rings is 2. The van der Waals surface area contributed by atoms with E-state index in [1.54, 1.807) is 60.9 Å². The van der Waals surface area contributed by atoms with E-state index in [0.29, 0.717) is 28.3 Å². The van der Waals surface area contributed by atoms with Gasteiger partial charge in [-0.1, -0.05) is 12.1 Å². The molecule has 3 rings (SSSR count). The van der Waals surface area contributed by atoms with Crippen molar-refractivity contribution in [1.29, 1.82) is 0 Å². The summed E-state index contributed by atoms with van der Waals surface area (Å²) in [6.45, 7) is 0.0108. The van der Waals surface area contributed by atoms with E-state index >= 15 is 0 Å². The van der Waals surface area contributed by atoms with Crippen molar-refractivity contribution in [2.75, 3.05) is 26.1 Å². The Balaban J connectivity index is 1.50. The zero-order chi connectivity index (χ0) is 23.6. The molecule has 0 aliphatic carbocycles. The Labute approximate surface area is 191 Å². The molecule has 0 spiro atoms. The number of amides is 3. The zero-order valence-corrected chi connectivity index (χ0v) is 18.3. The number of nitrogens with one attached hydrogen (secondary N) is 3. The van der Waals surface area contributed by atoms with Crippen molar-refractivity contribution in [3.05, 3.63) is 83.7 Å². The summed E-state index contributed by atoms with van der Waals surface area (Å²) in [4.78, 5) is 40.8. The van der Waals surface area contributed by atoms with Crippen LogP contribution in [0, 0.1) is 0 Å². The molecular formula is C24H24N4O5. The van der Waals surface area contributed by atoms with Crippen molar-refractivity contribution in [2.24, 2.45) is 0 Å². The van der Waals surface area contributed by atoms with Gasteiger partial charge in [0, 0.05) is 35.8 Å². The molecule has 3 N–H and O–H groups in total. The first kappa shape index (κ1) is 23.3. The first-order valence-corrected chi connectivity index (χ1v) is 10.1. The van der Waals surface area contributed by atoms with Gasteiger partial charge in [-0.2, -0.15) is 0 Å². The molecule has 0 radical (unpaired) electrons. The van der Waals surface area contributed by atoms with E-state index in [-0.39, 0.29) is 24.9 Å². The van der Waals surface area contributed by atoms with E-state index in [1.165, 1.54) is 20.3 Å². The van der Waals surface area contributed by atoms with Crippen LogP contribution in [-0.2, 0) is 11.3 Å². The maximum atomic E-state index is 12.4. The number of hydrogen-bond donors (Lipinski definition) is 3. The van der Waals surface area contributed by atoms with Gasteiger partial charge in [0.25, 0.3) is 11.8 Å². The molecule has 170 valence electrons. The fourth-order valence-corrected chi connectivity index (χ4v) is 2.96. The Morgan fingerprint density at radius 3 is 2.27 bits per heavy atom. The van der Waals surface area contributed by atoms with Gasteiger partial charge in [-0.05, 0) is 48.0 Å². The standard InChI is InChI=1S/C24H24N4O5/c1-32-20-7-6-18(13-21(20)33-2)23(30)27-15-22(29)26-14-16-4-3-5-17(12-16)24(31)28-19-8-10-25-11-9-19/h3-13H,14-15H2,1-2H3,(H,26,29)(H,27,30)(H,25,28,31). The van der Waals surface area contributed by atoms with E-state index in [1.807, 2.05) is 0 Å². The SMILES string of the molecule is COc1ccc(C(=O)NCC(=O)NCc2cccc(C(=O)Nc3ccncc3)c2)cc1OC. The minimum absolute atomic E-state index is 0.199. The van der Waals surface area contributed by atoms with Crippen LogP contribution in [0.3, 0.4) is 0 Å². The van der Waals surface area contributed by atoms with Crippen LogP contribution >= 0.6 is 0 Å². The Bertz CT molecular complexity index is 1130. The van der Waals surface area contributed by atoms with Gasteiger partial charge in [0.1, 0.15) is 0 Å². The van der Waals surface area contributed by atoms with Crippen LogP contribution in [0.5, 0.6) is 11.5 Å². The van der Waals surface area contributed by atoms with Crippen LogP contribution in [0.1, 0.15) is 26.3 Å². The van der Waals surface area contributed by atoms with Crippen molar-refractivity contribution < 1.29 is 23.9 Å². The van der Waals surface area contributed by atoms with E-state index in [2.05, 4.69) is 20.9 Å². The van der Waals surface area contributed by atoms with Crippen molar-refractivity contribution in [1.82, 2.24) is 15.6 Å². The second-order valence-corrected chi connectivity index (χ2v) is 6.92. The number of carbonyl (C=O) groups excluding carboxylic acids is 3. The van der Waals surface area contributed by atoms with E-state index in [4.69, 9.17) is 9.47 Å². The van der Waals surface area contributed by atoms with Crippen molar-refractivity contribution in [3.63, 3.8) is 0 Å². The molecule has 0 fully saturated rings. The number of pyridine rings is 1. The molecule has 0 aliphatic rings. The number of nitrogens with zero attached hydrogens (tertiary/aromatic N) is 1. The number of ether oxygens (including phenoxy) is 2. The van der Waals surface area contributed by atoms with Crippen LogP contribution in [0.15, 0.2) is 67.0 Å². The first-order valence-electron chi connectivity index (χ1n) is 10.1. The van der Waals surface area contributed by atoms with Crippen molar-refractivity contribution >= 4 is 23.4 Å². The van der Waals surface area contributed by atoms with Gasteiger partial charge in [-0.3, -0.25) is 19.4 Å². The monoisotopic (exact) mass is 448 g/mol. The second kappa shape index (κ2) is 11.3. The largest absolute Gasteiger partial charge is 0.493 e. The fraction of sp³-hybridized carbons (Fsp3) is 0.167. The lowest BCUT2D eigenvalue weighted by molar-refractivity contribution is -0.120. The molecule has 9 nitrogen and oxygen atoms in total. The zero-order valence-electron chi connectivity index (χ0n) is 18.3. The Morgan fingerprint density at radius 1 is 0.818 bits per heavy atom. The number of hydrogen-bond acceptors (Lipinski definition) is 6. The molecule has 0 atom stereocenters. The van der Waals surface area contributed by atoms with Crippen LogP contribution in [0.2, 0.25) is 0 Å². The highest BCUT2D eigenvalue weighted by Gasteiger charge is 2.12. The summed E-state index contributed by atoms with van der Waals surface area (Å²) in [6.07, 6.45) is 3.18. The highest BCUT2D eigenvalue weighted by molar-refractivity contribution is 6.04. The fourth-order valence-electron chi connectivity index (χ4n) is 2.96. The third kappa shape index (κ3) is 6.54. The number of aromatic nitrogens is 1. The quantitative estimate of drug-likeness (QED) is 0.463. The molecule has 0 aliphatic heterocycles. The summed E-state index contributed by atoms with van der Waals surface area (Å²) >= 11 is 0. The summed E-state index contributed by atoms with van der Waals surface area (Å²) in [5.74, 6) is -0.126.